The largest absolute Gasteiger partial charge is 0.484 e. The molecule has 0 saturated carbocycles. The number of piperazine rings is 1. The van der Waals surface area contributed by atoms with Crippen molar-refractivity contribution >= 4 is 11.8 Å². The summed E-state index contributed by atoms with van der Waals surface area (Å²) in [5.41, 5.74) is 1.94. The number of nitriles is 1. The summed E-state index contributed by atoms with van der Waals surface area (Å²) >= 11 is 0. The zero-order valence-electron chi connectivity index (χ0n) is 15.2. The first-order valence-corrected chi connectivity index (χ1v) is 8.84. The van der Waals surface area contributed by atoms with Crippen LogP contribution in [0.15, 0.2) is 48.5 Å². The number of benzene rings is 2. The highest BCUT2D eigenvalue weighted by Crippen LogP contribution is 2.16. The summed E-state index contributed by atoms with van der Waals surface area (Å²) in [5, 5.41) is 8.97. The van der Waals surface area contributed by atoms with Gasteiger partial charge < -0.3 is 14.5 Å². The Kier molecular flexibility index (Phi) is 5.72. The molecule has 0 atom stereocenters. The number of carbonyl (C=O) groups excluding carboxylic acids is 2. The van der Waals surface area contributed by atoms with Crippen LogP contribution < -0.4 is 4.74 Å². The summed E-state index contributed by atoms with van der Waals surface area (Å²) in [6.07, 6.45) is 0. The van der Waals surface area contributed by atoms with E-state index in [2.05, 4.69) is 0 Å². The van der Waals surface area contributed by atoms with Crippen molar-refractivity contribution < 1.29 is 14.3 Å². The summed E-state index contributed by atoms with van der Waals surface area (Å²) in [6.45, 7) is 3.80. The Balaban J connectivity index is 1.52. The number of hydrogen-bond donors (Lipinski definition) is 0. The number of amides is 2. The van der Waals surface area contributed by atoms with Crippen molar-refractivity contribution in [2.24, 2.45) is 0 Å². The van der Waals surface area contributed by atoms with Gasteiger partial charge in [0, 0.05) is 31.7 Å². The van der Waals surface area contributed by atoms with E-state index in [0.29, 0.717) is 43.1 Å². The molecule has 0 bridgehead atoms. The predicted molar refractivity (Wildman–Crippen MR) is 100 cm³/mol. The quantitative estimate of drug-likeness (QED) is 0.835. The second kappa shape index (κ2) is 8.37. The fourth-order valence-corrected chi connectivity index (χ4v) is 3.01. The van der Waals surface area contributed by atoms with Crippen LogP contribution >= 0.6 is 0 Å². The van der Waals surface area contributed by atoms with Crippen molar-refractivity contribution in [3.05, 3.63) is 65.2 Å². The Morgan fingerprint density at radius 3 is 2.44 bits per heavy atom. The van der Waals surface area contributed by atoms with Crippen molar-refractivity contribution in [1.82, 2.24) is 9.80 Å². The van der Waals surface area contributed by atoms with Crippen LogP contribution in [0.1, 0.15) is 21.5 Å². The summed E-state index contributed by atoms with van der Waals surface area (Å²) in [7, 11) is 0. The van der Waals surface area contributed by atoms with Gasteiger partial charge >= 0.3 is 0 Å². The van der Waals surface area contributed by atoms with E-state index in [1.54, 1.807) is 34.1 Å². The molecule has 138 valence electrons. The highest BCUT2D eigenvalue weighted by molar-refractivity contribution is 5.94. The molecule has 2 aromatic rings. The van der Waals surface area contributed by atoms with Gasteiger partial charge in [-0.15, -0.1) is 0 Å². The van der Waals surface area contributed by atoms with E-state index >= 15 is 0 Å². The van der Waals surface area contributed by atoms with E-state index in [9.17, 15) is 9.59 Å². The van der Waals surface area contributed by atoms with Gasteiger partial charge in [0.15, 0.2) is 6.61 Å². The Morgan fingerprint density at radius 2 is 1.74 bits per heavy atom. The molecule has 0 radical (unpaired) electrons. The molecule has 27 heavy (non-hydrogen) atoms. The van der Waals surface area contributed by atoms with E-state index < -0.39 is 0 Å². The maximum atomic E-state index is 12.6. The standard InChI is InChI=1S/C21H21N3O3/c1-16-5-2-3-8-19(16)27-15-20(25)23-9-11-24(12-10-23)21(26)18-7-4-6-17(13-18)14-22/h2-8,13H,9-12,15H2,1H3. The lowest BCUT2D eigenvalue weighted by molar-refractivity contribution is -0.134. The summed E-state index contributed by atoms with van der Waals surface area (Å²) in [4.78, 5) is 28.4. The fraction of sp³-hybridized carbons (Fsp3) is 0.286. The van der Waals surface area contributed by atoms with Gasteiger partial charge in [-0.2, -0.15) is 5.26 Å². The van der Waals surface area contributed by atoms with Crippen LogP contribution in [0.5, 0.6) is 5.75 Å². The van der Waals surface area contributed by atoms with Gasteiger partial charge in [0.25, 0.3) is 11.8 Å². The molecule has 1 saturated heterocycles. The van der Waals surface area contributed by atoms with Crippen LogP contribution in [0.2, 0.25) is 0 Å². The normalized spacial score (nSPS) is 13.8. The molecule has 2 amide bonds. The molecule has 3 rings (SSSR count). The third-order valence-electron chi connectivity index (χ3n) is 4.60. The maximum absolute atomic E-state index is 12.6. The molecular weight excluding hydrogens is 342 g/mol. The Bertz CT molecular complexity index is 880. The minimum atomic E-state index is -0.115. The molecule has 2 aromatic carbocycles. The Labute approximate surface area is 158 Å². The topological polar surface area (TPSA) is 73.6 Å². The molecule has 0 unspecified atom stereocenters. The monoisotopic (exact) mass is 363 g/mol. The molecule has 6 heteroatoms. The van der Waals surface area contributed by atoms with Crippen molar-refractivity contribution in [3.8, 4) is 11.8 Å². The number of carbonyl (C=O) groups is 2. The average molecular weight is 363 g/mol. The number of para-hydroxylation sites is 1. The number of aryl methyl sites for hydroxylation is 1. The van der Waals surface area contributed by atoms with Gasteiger partial charge in [-0.1, -0.05) is 24.3 Å². The molecule has 0 spiro atoms. The second-order valence-electron chi connectivity index (χ2n) is 6.42. The summed E-state index contributed by atoms with van der Waals surface area (Å²) in [6, 6.07) is 16.3. The van der Waals surface area contributed by atoms with E-state index in [-0.39, 0.29) is 18.4 Å². The van der Waals surface area contributed by atoms with Crippen LogP contribution in [0.25, 0.3) is 0 Å². The van der Waals surface area contributed by atoms with Gasteiger partial charge in [-0.25, -0.2) is 0 Å². The zero-order valence-corrected chi connectivity index (χ0v) is 15.2. The van der Waals surface area contributed by atoms with Gasteiger partial charge in [-0.05, 0) is 36.8 Å². The van der Waals surface area contributed by atoms with E-state index in [4.69, 9.17) is 10.00 Å². The minimum absolute atomic E-state index is 0.0109. The van der Waals surface area contributed by atoms with Gasteiger partial charge in [-0.3, -0.25) is 9.59 Å². The number of ether oxygens (including phenoxy) is 1. The molecule has 0 aliphatic carbocycles. The van der Waals surface area contributed by atoms with E-state index in [0.717, 1.165) is 5.56 Å². The van der Waals surface area contributed by atoms with Crippen LogP contribution in [-0.2, 0) is 4.79 Å². The first-order chi connectivity index (χ1) is 13.1. The third kappa shape index (κ3) is 4.45. The second-order valence-corrected chi connectivity index (χ2v) is 6.42. The first-order valence-electron chi connectivity index (χ1n) is 8.84. The number of nitrogens with zero attached hydrogens (tertiary/aromatic N) is 3. The highest BCUT2D eigenvalue weighted by atomic mass is 16.5. The lowest BCUT2D eigenvalue weighted by Crippen LogP contribution is -2.51. The molecular formula is C21H21N3O3. The van der Waals surface area contributed by atoms with Crippen molar-refractivity contribution in [3.63, 3.8) is 0 Å². The van der Waals surface area contributed by atoms with Crippen LogP contribution in [-0.4, -0.2) is 54.4 Å². The molecule has 0 aromatic heterocycles. The van der Waals surface area contributed by atoms with E-state index in [1.165, 1.54) is 0 Å². The third-order valence-corrected chi connectivity index (χ3v) is 4.60. The molecule has 1 aliphatic rings. The first kappa shape index (κ1) is 18.5. The fourth-order valence-electron chi connectivity index (χ4n) is 3.01. The Hall–Kier alpha value is -3.33. The molecule has 1 fully saturated rings. The predicted octanol–water partition coefficient (Wildman–Crippen LogP) is 2.23. The van der Waals surface area contributed by atoms with Crippen LogP contribution in [0.3, 0.4) is 0 Å². The Morgan fingerprint density at radius 1 is 1.04 bits per heavy atom. The van der Waals surface area contributed by atoms with Gasteiger partial charge in [0.2, 0.25) is 0 Å². The zero-order chi connectivity index (χ0) is 19.2. The summed E-state index contributed by atoms with van der Waals surface area (Å²) in [5.74, 6) is 0.504. The molecule has 1 aliphatic heterocycles. The van der Waals surface area contributed by atoms with Crippen molar-refractivity contribution in [2.45, 2.75) is 6.92 Å². The van der Waals surface area contributed by atoms with Gasteiger partial charge in [0.05, 0.1) is 11.6 Å². The molecule has 6 nitrogen and oxygen atoms in total. The summed E-state index contributed by atoms with van der Waals surface area (Å²) < 4.78 is 5.62. The van der Waals surface area contributed by atoms with Crippen molar-refractivity contribution in [2.75, 3.05) is 32.8 Å². The average Bonchev–Trinajstić information content (AvgIpc) is 2.72. The minimum Gasteiger partial charge on any atom is -0.484 e. The SMILES string of the molecule is Cc1ccccc1OCC(=O)N1CCN(C(=O)c2cccc(C#N)c2)CC1. The van der Waals surface area contributed by atoms with Crippen molar-refractivity contribution in [1.29, 1.82) is 5.26 Å². The maximum Gasteiger partial charge on any atom is 0.260 e. The molecule has 0 N–H and O–H groups in total. The lowest BCUT2D eigenvalue weighted by atomic mass is 10.1. The van der Waals surface area contributed by atoms with E-state index in [1.807, 2.05) is 37.3 Å². The van der Waals surface area contributed by atoms with Crippen LogP contribution in [0, 0.1) is 18.3 Å². The lowest BCUT2D eigenvalue weighted by Gasteiger charge is -2.34. The number of hydrogen-bond acceptors (Lipinski definition) is 4. The smallest absolute Gasteiger partial charge is 0.260 e. The van der Waals surface area contributed by atoms with Crippen LogP contribution in [0.4, 0.5) is 0 Å². The number of rotatable bonds is 4. The molecule has 1 heterocycles. The highest BCUT2D eigenvalue weighted by Gasteiger charge is 2.25. The van der Waals surface area contributed by atoms with Gasteiger partial charge in [0.1, 0.15) is 5.75 Å².